The van der Waals surface area contributed by atoms with Crippen LogP contribution in [0.3, 0.4) is 0 Å². The molecule has 0 saturated heterocycles. The van der Waals surface area contributed by atoms with Crippen molar-refractivity contribution in [2.24, 2.45) is 5.92 Å². The van der Waals surface area contributed by atoms with Gasteiger partial charge in [-0.25, -0.2) is 9.97 Å². The Bertz CT molecular complexity index is 408. The second-order valence-corrected chi connectivity index (χ2v) is 5.43. The van der Waals surface area contributed by atoms with E-state index >= 15 is 0 Å². The second-order valence-electron chi connectivity index (χ2n) is 5.43. The molecule has 2 unspecified atom stereocenters. The highest BCUT2D eigenvalue weighted by atomic mass is 16.5. The predicted molar refractivity (Wildman–Crippen MR) is 76.3 cm³/mol. The van der Waals surface area contributed by atoms with E-state index in [0.29, 0.717) is 0 Å². The largest absolute Gasteiger partial charge is 0.381 e. The van der Waals surface area contributed by atoms with Gasteiger partial charge in [0.2, 0.25) is 0 Å². The molecule has 1 heterocycles. The van der Waals surface area contributed by atoms with Gasteiger partial charge in [0, 0.05) is 25.4 Å². The molecular formula is C15H25N3O. The third-order valence-corrected chi connectivity index (χ3v) is 3.86. The quantitative estimate of drug-likeness (QED) is 0.849. The van der Waals surface area contributed by atoms with Crippen LogP contribution in [-0.4, -0.2) is 36.3 Å². The summed E-state index contributed by atoms with van der Waals surface area (Å²) in [4.78, 5) is 9.19. The average Bonchev–Trinajstić information content (AvgIpc) is 2.44. The van der Waals surface area contributed by atoms with Crippen molar-refractivity contribution < 1.29 is 4.74 Å². The van der Waals surface area contributed by atoms with E-state index in [0.717, 1.165) is 44.1 Å². The topological polar surface area (TPSA) is 47.0 Å². The van der Waals surface area contributed by atoms with E-state index in [1.54, 1.807) is 7.11 Å². The summed E-state index contributed by atoms with van der Waals surface area (Å²) in [6.45, 7) is 6.37. The van der Waals surface area contributed by atoms with Crippen molar-refractivity contribution >= 4 is 0 Å². The molecule has 4 nitrogen and oxygen atoms in total. The van der Waals surface area contributed by atoms with Crippen LogP contribution in [0.5, 0.6) is 0 Å². The Morgan fingerprint density at radius 1 is 1.53 bits per heavy atom. The number of fused-ring (bicyclic) bond motifs is 1. The van der Waals surface area contributed by atoms with Gasteiger partial charge in [-0.1, -0.05) is 6.92 Å². The first-order valence-electron chi connectivity index (χ1n) is 7.30. The van der Waals surface area contributed by atoms with Crippen LogP contribution in [0.2, 0.25) is 0 Å². The Balaban J connectivity index is 1.99. The summed E-state index contributed by atoms with van der Waals surface area (Å²) >= 11 is 0. The minimum absolute atomic E-state index is 0.183. The van der Waals surface area contributed by atoms with E-state index in [4.69, 9.17) is 9.72 Å². The Labute approximate surface area is 116 Å². The van der Waals surface area contributed by atoms with Crippen LogP contribution in [0.25, 0.3) is 0 Å². The average molecular weight is 263 g/mol. The van der Waals surface area contributed by atoms with Gasteiger partial charge in [0.15, 0.2) is 0 Å². The summed E-state index contributed by atoms with van der Waals surface area (Å²) in [5, 5.41) is 3.44. The molecule has 0 aromatic carbocycles. The maximum Gasteiger partial charge on any atom is 0.131 e. The molecule has 1 aromatic rings. The van der Waals surface area contributed by atoms with Gasteiger partial charge in [0.25, 0.3) is 0 Å². The second kappa shape index (κ2) is 6.96. The van der Waals surface area contributed by atoms with Gasteiger partial charge in [-0.2, -0.15) is 0 Å². The third kappa shape index (κ3) is 3.98. The Kier molecular flexibility index (Phi) is 5.28. The summed E-state index contributed by atoms with van der Waals surface area (Å²) in [5.74, 6) is 1.65. The van der Waals surface area contributed by atoms with Gasteiger partial charge < -0.3 is 10.1 Å². The van der Waals surface area contributed by atoms with Crippen molar-refractivity contribution in [1.29, 1.82) is 0 Å². The standard InChI is InChI=1S/C15H25N3O/c1-4-16-9-12-5-6-14-13(8-12)10-17-15(18-14)7-11(2)19-3/h10-12,16H,4-9H2,1-3H3. The van der Waals surface area contributed by atoms with Crippen molar-refractivity contribution in [2.45, 2.75) is 45.6 Å². The molecular weight excluding hydrogens is 238 g/mol. The fourth-order valence-corrected chi connectivity index (χ4v) is 2.59. The van der Waals surface area contributed by atoms with E-state index in [-0.39, 0.29) is 6.10 Å². The van der Waals surface area contributed by atoms with Crippen LogP contribution < -0.4 is 5.32 Å². The number of ether oxygens (including phenoxy) is 1. The molecule has 1 N–H and O–H groups in total. The first kappa shape index (κ1) is 14.4. The molecule has 2 atom stereocenters. The monoisotopic (exact) mass is 263 g/mol. The van der Waals surface area contributed by atoms with Gasteiger partial charge in [-0.3, -0.25) is 0 Å². The van der Waals surface area contributed by atoms with Gasteiger partial charge in [-0.05, 0) is 50.8 Å². The summed E-state index contributed by atoms with van der Waals surface area (Å²) in [6.07, 6.45) is 6.44. The fourth-order valence-electron chi connectivity index (χ4n) is 2.59. The van der Waals surface area contributed by atoms with Gasteiger partial charge >= 0.3 is 0 Å². The lowest BCUT2D eigenvalue weighted by Crippen LogP contribution is -2.28. The number of nitrogens with zero attached hydrogens (tertiary/aromatic N) is 2. The number of rotatable bonds is 6. The lowest BCUT2D eigenvalue weighted by atomic mass is 9.87. The molecule has 2 rings (SSSR count). The van der Waals surface area contributed by atoms with Crippen molar-refractivity contribution in [3.05, 3.63) is 23.3 Å². The van der Waals surface area contributed by atoms with Crippen LogP contribution in [0.4, 0.5) is 0 Å². The van der Waals surface area contributed by atoms with Crippen LogP contribution >= 0.6 is 0 Å². The highest BCUT2D eigenvalue weighted by Crippen LogP contribution is 2.23. The fraction of sp³-hybridized carbons (Fsp3) is 0.733. The van der Waals surface area contributed by atoms with E-state index in [2.05, 4.69) is 24.1 Å². The minimum Gasteiger partial charge on any atom is -0.381 e. The number of nitrogens with one attached hydrogen (secondary N) is 1. The van der Waals surface area contributed by atoms with Crippen molar-refractivity contribution in [2.75, 3.05) is 20.2 Å². The SMILES string of the molecule is CCNCC1CCc2nc(CC(C)OC)ncc2C1. The molecule has 0 spiro atoms. The number of aryl methyl sites for hydroxylation is 1. The van der Waals surface area contributed by atoms with Crippen LogP contribution in [0.15, 0.2) is 6.20 Å². The van der Waals surface area contributed by atoms with E-state index < -0.39 is 0 Å². The van der Waals surface area contributed by atoms with E-state index in [1.165, 1.54) is 17.7 Å². The highest BCUT2D eigenvalue weighted by molar-refractivity contribution is 5.21. The maximum absolute atomic E-state index is 5.27. The molecule has 19 heavy (non-hydrogen) atoms. The van der Waals surface area contributed by atoms with Gasteiger partial charge in [0.05, 0.1) is 6.10 Å². The Hall–Kier alpha value is -1.00. The molecule has 106 valence electrons. The lowest BCUT2D eigenvalue weighted by Gasteiger charge is -2.24. The third-order valence-electron chi connectivity index (χ3n) is 3.86. The molecule has 4 heteroatoms. The Morgan fingerprint density at radius 2 is 2.37 bits per heavy atom. The van der Waals surface area contributed by atoms with Crippen molar-refractivity contribution in [3.63, 3.8) is 0 Å². The summed E-state index contributed by atoms with van der Waals surface area (Å²) in [7, 11) is 1.73. The van der Waals surface area contributed by atoms with Crippen LogP contribution in [-0.2, 0) is 24.0 Å². The number of methoxy groups -OCH3 is 1. The van der Waals surface area contributed by atoms with Crippen molar-refractivity contribution in [1.82, 2.24) is 15.3 Å². The zero-order chi connectivity index (χ0) is 13.7. The lowest BCUT2D eigenvalue weighted by molar-refractivity contribution is 0.117. The molecule has 0 amide bonds. The van der Waals surface area contributed by atoms with Gasteiger partial charge in [0.1, 0.15) is 5.82 Å². The number of hydrogen-bond donors (Lipinski definition) is 1. The summed E-state index contributed by atoms with van der Waals surface area (Å²) in [5.41, 5.74) is 2.59. The number of aromatic nitrogens is 2. The molecule has 1 aromatic heterocycles. The molecule has 0 bridgehead atoms. The molecule has 1 aliphatic carbocycles. The first-order valence-corrected chi connectivity index (χ1v) is 7.30. The summed E-state index contributed by atoms with van der Waals surface area (Å²) < 4.78 is 5.27. The molecule has 0 saturated carbocycles. The maximum atomic E-state index is 5.27. The van der Waals surface area contributed by atoms with Gasteiger partial charge in [-0.15, -0.1) is 0 Å². The zero-order valence-corrected chi connectivity index (χ0v) is 12.3. The smallest absolute Gasteiger partial charge is 0.131 e. The first-order chi connectivity index (χ1) is 9.22. The summed E-state index contributed by atoms with van der Waals surface area (Å²) in [6, 6.07) is 0. The molecule has 0 aliphatic heterocycles. The minimum atomic E-state index is 0.183. The normalized spacial score (nSPS) is 20.1. The van der Waals surface area contributed by atoms with Crippen molar-refractivity contribution in [3.8, 4) is 0 Å². The van der Waals surface area contributed by atoms with E-state index in [9.17, 15) is 0 Å². The predicted octanol–water partition coefficient (Wildman–Crippen LogP) is 1.77. The molecule has 0 radical (unpaired) electrons. The Morgan fingerprint density at radius 3 is 3.11 bits per heavy atom. The zero-order valence-electron chi connectivity index (χ0n) is 12.3. The molecule has 1 aliphatic rings. The van der Waals surface area contributed by atoms with E-state index in [1.807, 2.05) is 6.20 Å². The number of hydrogen-bond acceptors (Lipinski definition) is 4. The highest BCUT2D eigenvalue weighted by Gasteiger charge is 2.20. The van der Waals surface area contributed by atoms with Crippen LogP contribution in [0, 0.1) is 5.92 Å². The van der Waals surface area contributed by atoms with Crippen LogP contribution in [0.1, 0.15) is 37.4 Å². The molecule has 0 fully saturated rings.